The zero-order valence-corrected chi connectivity index (χ0v) is 9.27. The SMILES string of the molecule is CCOc1cc(F)ccc1NS(C)(=O)=O. The van der Waals surface area contributed by atoms with Crippen molar-refractivity contribution in [3.05, 3.63) is 24.0 Å². The zero-order chi connectivity index (χ0) is 11.5. The summed E-state index contributed by atoms with van der Waals surface area (Å²) in [5.74, 6) is -0.291. The van der Waals surface area contributed by atoms with Crippen LogP contribution in [0.2, 0.25) is 0 Å². The number of halogens is 1. The average Bonchev–Trinajstić information content (AvgIpc) is 2.08. The van der Waals surface area contributed by atoms with E-state index in [2.05, 4.69) is 4.72 Å². The Bertz CT molecular complexity index is 445. The molecule has 0 spiro atoms. The second kappa shape index (κ2) is 4.48. The fourth-order valence-corrected chi connectivity index (χ4v) is 1.62. The van der Waals surface area contributed by atoms with Gasteiger partial charge in [-0.3, -0.25) is 4.72 Å². The third kappa shape index (κ3) is 3.75. The van der Waals surface area contributed by atoms with Crippen LogP contribution in [0.1, 0.15) is 6.92 Å². The minimum atomic E-state index is -3.38. The van der Waals surface area contributed by atoms with Crippen LogP contribution in [-0.2, 0) is 10.0 Å². The van der Waals surface area contributed by atoms with Crippen molar-refractivity contribution in [2.45, 2.75) is 6.92 Å². The average molecular weight is 233 g/mol. The molecule has 0 saturated carbocycles. The van der Waals surface area contributed by atoms with Gasteiger partial charge in [0.2, 0.25) is 10.0 Å². The largest absolute Gasteiger partial charge is 0.492 e. The molecule has 6 heteroatoms. The van der Waals surface area contributed by atoms with Crippen molar-refractivity contribution in [2.24, 2.45) is 0 Å². The van der Waals surface area contributed by atoms with E-state index in [9.17, 15) is 12.8 Å². The molecule has 84 valence electrons. The molecule has 0 aliphatic heterocycles. The number of hydrogen-bond acceptors (Lipinski definition) is 3. The van der Waals surface area contributed by atoms with Gasteiger partial charge in [0.1, 0.15) is 11.6 Å². The van der Waals surface area contributed by atoms with Crippen LogP contribution < -0.4 is 9.46 Å². The molecule has 0 unspecified atom stereocenters. The summed E-state index contributed by atoms with van der Waals surface area (Å²) < 4.78 is 42.1. The normalized spacial score (nSPS) is 11.1. The van der Waals surface area contributed by atoms with E-state index in [1.807, 2.05) is 0 Å². The van der Waals surface area contributed by atoms with Gasteiger partial charge in [0.25, 0.3) is 0 Å². The van der Waals surface area contributed by atoms with Gasteiger partial charge < -0.3 is 4.74 Å². The second-order valence-corrected chi connectivity index (χ2v) is 4.70. The molecule has 0 heterocycles. The monoisotopic (exact) mass is 233 g/mol. The second-order valence-electron chi connectivity index (χ2n) is 2.95. The Morgan fingerprint density at radius 3 is 2.67 bits per heavy atom. The maximum Gasteiger partial charge on any atom is 0.229 e. The van der Waals surface area contributed by atoms with E-state index in [1.54, 1.807) is 6.92 Å². The van der Waals surface area contributed by atoms with Crippen molar-refractivity contribution in [1.82, 2.24) is 0 Å². The van der Waals surface area contributed by atoms with Crippen molar-refractivity contribution >= 4 is 15.7 Å². The number of nitrogens with one attached hydrogen (secondary N) is 1. The summed E-state index contributed by atoms with van der Waals surface area (Å²) in [5, 5.41) is 0. The topological polar surface area (TPSA) is 55.4 Å². The summed E-state index contributed by atoms with van der Waals surface area (Å²) in [6, 6.07) is 3.62. The minimum absolute atomic E-state index is 0.183. The highest BCUT2D eigenvalue weighted by Gasteiger charge is 2.09. The Morgan fingerprint density at radius 1 is 1.47 bits per heavy atom. The first-order chi connectivity index (χ1) is 6.92. The molecule has 0 aliphatic rings. The number of ether oxygens (including phenoxy) is 1. The first-order valence-corrected chi connectivity index (χ1v) is 6.21. The highest BCUT2D eigenvalue weighted by molar-refractivity contribution is 7.92. The molecular weight excluding hydrogens is 221 g/mol. The first kappa shape index (κ1) is 11.8. The molecule has 0 bridgehead atoms. The first-order valence-electron chi connectivity index (χ1n) is 4.32. The number of anilines is 1. The zero-order valence-electron chi connectivity index (χ0n) is 8.45. The highest BCUT2D eigenvalue weighted by atomic mass is 32.2. The molecule has 0 atom stereocenters. The third-order valence-electron chi connectivity index (χ3n) is 1.54. The molecule has 4 nitrogen and oxygen atoms in total. The van der Waals surface area contributed by atoms with Gasteiger partial charge >= 0.3 is 0 Å². The predicted molar refractivity (Wildman–Crippen MR) is 56.0 cm³/mol. The molecule has 15 heavy (non-hydrogen) atoms. The van der Waals surface area contributed by atoms with Crippen LogP contribution in [0.4, 0.5) is 10.1 Å². The molecule has 1 aromatic carbocycles. The van der Waals surface area contributed by atoms with E-state index < -0.39 is 15.8 Å². The highest BCUT2D eigenvalue weighted by Crippen LogP contribution is 2.25. The molecule has 0 aromatic heterocycles. The van der Waals surface area contributed by atoms with Gasteiger partial charge in [-0.15, -0.1) is 0 Å². The van der Waals surface area contributed by atoms with Gasteiger partial charge in [-0.1, -0.05) is 0 Å². The summed E-state index contributed by atoms with van der Waals surface area (Å²) in [6.07, 6.45) is 1.02. The lowest BCUT2D eigenvalue weighted by atomic mass is 10.3. The summed E-state index contributed by atoms with van der Waals surface area (Å²) in [5.41, 5.74) is 0.237. The Hall–Kier alpha value is -1.30. The van der Waals surface area contributed by atoms with Crippen molar-refractivity contribution in [3.8, 4) is 5.75 Å². The van der Waals surface area contributed by atoms with Gasteiger partial charge in [0, 0.05) is 6.07 Å². The van der Waals surface area contributed by atoms with Gasteiger partial charge in [-0.2, -0.15) is 0 Å². The number of sulfonamides is 1. The minimum Gasteiger partial charge on any atom is -0.492 e. The standard InChI is InChI=1S/C9H12FNO3S/c1-3-14-9-6-7(10)4-5-8(9)11-15(2,12)13/h4-6,11H,3H2,1-2H3. The fourth-order valence-electron chi connectivity index (χ4n) is 1.06. The van der Waals surface area contributed by atoms with Crippen LogP contribution in [-0.4, -0.2) is 21.3 Å². The lowest BCUT2D eigenvalue weighted by Gasteiger charge is -2.10. The molecule has 0 radical (unpaired) electrons. The Labute approximate surface area is 88.1 Å². The molecule has 0 aliphatic carbocycles. The predicted octanol–water partition coefficient (Wildman–Crippen LogP) is 1.60. The maximum absolute atomic E-state index is 12.8. The van der Waals surface area contributed by atoms with Crippen LogP contribution in [0, 0.1) is 5.82 Å². The summed E-state index contributed by atoms with van der Waals surface area (Å²) >= 11 is 0. The van der Waals surface area contributed by atoms with Crippen molar-refractivity contribution in [1.29, 1.82) is 0 Å². The van der Waals surface area contributed by atoms with Gasteiger partial charge in [0.15, 0.2) is 0 Å². The van der Waals surface area contributed by atoms with Gasteiger partial charge in [0.05, 0.1) is 18.6 Å². The number of benzene rings is 1. The number of hydrogen-bond donors (Lipinski definition) is 1. The molecule has 1 aromatic rings. The number of rotatable bonds is 4. The summed E-state index contributed by atoms with van der Waals surface area (Å²) in [4.78, 5) is 0. The van der Waals surface area contributed by atoms with Crippen LogP contribution >= 0.6 is 0 Å². The van der Waals surface area contributed by atoms with Crippen LogP contribution in [0.5, 0.6) is 5.75 Å². The summed E-state index contributed by atoms with van der Waals surface area (Å²) in [7, 11) is -3.38. The van der Waals surface area contributed by atoms with Gasteiger partial charge in [-0.05, 0) is 19.1 Å². The van der Waals surface area contributed by atoms with Crippen LogP contribution in [0.3, 0.4) is 0 Å². The lowest BCUT2D eigenvalue weighted by molar-refractivity contribution is 0.340. The van der Waals surface area contributed by atoms with E-state index in [1.165, 1.54) is 6.07 Å². The maximum atomic E-state index is 12.8. The van der Waals surface area contributed by atoms with E-state index in [0.717, 1.165) is 18.4 Å². The van der Waals surface area contributed by atoms with Crippen molar-refractivity contribution < 1.29 is 17.5 Å². The third-order valence-corrected chi connectivity index (χ3v) is 2.13. The van der Waals surface area contributed by atoms with Crippen LogP contribution in [0.25, 0.3) is 0 Å². The Kier molecular flexibility index (Phi) is 3.52. The smallest absolute Gasteiger partial charge is 0.229 e. The molecule has 1 N–H and O–H groups in total. The summed E-state index contributed by atoms with van der Waals surface area (Å²) in [6.45, 7) is 2.07. The van der Waals surface area contributed by atoms with Crippen molar-refractivity contribution in [2.75, 3.05) is 17.6 Å². The Morgan fingerprint density at radius 2 is 2.13 bits per heavy atom. The van der Waals surface area contributed by atoms with E-state index in [0.29, 0.717) is 6.61 Å². The fraction of sp³-hybridized carbons (Fsp3) is 0.333. The van der Waals surface area contributed by atoms with Crippen LogP contribution in [0.15, 0.2) is 18.2 Å². The quantitative estimate of drug-likeness (QED) is 0.859. The van der Waals surface area contributed by atoms with E-state index in [-0.39, 0.29) is 11.4 Å². The van der Waals surface area contributed by atoms with E-state index in [4.69, 9.17) is 4.74 Å². The molecule has 1 rings (SSSR count). The molecular formula is C9H12FNO3S. The van der Waals surface area contributed by atoms with Crippen molar-refractivity contribution in [3.63, 3.8) is 0 Å². The van der Waals surface area contributed by atoms with E-state index >= 15 is 0 Å². The molecule has 0 saturated heterocycles. The molecule has 0 fully saturated rings. The van der Waals surface area contributed by atoms with Gasteiger partial charge in [-0.25, -0.2) is 12.8 Å². The Balaban J connectivity index is 3.05. The lowest BCUT2D eigenvalue weighted by Crippen LogP contribution is -2.11. The molecule has 0 amide bonds.